The predicted octanol–water partition coefficient (Wildman–Crippen LogP) is 2.71. The van der Waals surface area contributed by atoms with Crippen molar-refractivity contribution >= 4 is 17.9 Å². The van der Waals surface area contributed by atoms with Crippen molar-refractivity contribution in [1.82, 2.24) is 0 Å². The second-order valence-electron chi connectivity index (χ2n) is 3.40. The molecule has 0 aliphatic heterocycles. The van der Waals surface area contributed by atoms with E-state index in [0.29, 0.717) is 0 Å². The second-order valence-corrected chi connectivity index (χ2v) is 3.81. The Balaban J connectivity index is 2.42. The molecule has 0 heterocycles. The normalized spacial score (nSPS) is 18.3. The number of carbonyl (C=O) groups is 1. The topological polar surface area (TPSA) is 17.1 Å². The molecule has 0 N–H and O–H groups in total. The van der Waals surface area contributed by atoms with Crippen molar-refractivity contribution in [2.75, 3.05) is 0 Å². The molecule has 0 amide bonds. The lowest BCUT2D eigenvalue weighted by Crippen LogP contribution is -2.07. The maximum atomic E-state index is 12.8. The van der Waals surface area contributed by atoms with Crippen LogP contribution in [-0.4, -0.2) is 6.29 Å². The van der Waals surface area contributed by atoms with Gasteiger partial charge in [0.05, 0.1) is 10.4 Å². The van der Waals surface area contributed by atoms with Gasteiger partial charge in [-0.2, -0.15) is 0 Å². The van der Waals surface area contributed by atoms with Gasteiger partial charge in [-0.05, 0) is 30.5 Å². The number of hydrogen-bond acceptors (Lipinski definition) is 1. The van der Waals surface area contributed by atoms with Crippen LogP contribution in [0.1, 0.15) is 18.4 Å². The molecule has 1 aliphatic carbocycles. The van der Waals surface area contributed by atoms with Gasteiger partial charge in [-0.3, -0.25) is 0 Å². The third-order valence-electron chi connectivity index (χ3n) is 2.51. The van der Waals surface area contributed by atoms with Crippen LogP contribution in [0.15, 0.2) is 18.2 Å². The van der Waals surface area contributed by atoms with E-state index in [0.717, 1.165) is 24.7 Å². The Bertz CT molecular complexity index is 358. The summed E-state index contributed by atoms with van der Waals surface area (Å²) in [6.07, 6.45) is 2.62. The Hall–Kier alpha value is -0.890. The van der Waals surface area contributed by atoms with Gasteiger partial charge in [0.15, 0.2) is 0 Å². The van der Waals surface area contributed by atoms with E-state index in [9.17, 15) is 9.18 Å². The first kappa shape index (κ1) is 8.70. The first-order valence-electron chi connectivity index (χ1n) is 4.10. The van der Waals surface area contributed by atoms with E-state index in [1.54, 1.807) is 6.07 Å². The zero-order chi connectivity index (χ0) is 9.47. The van der Waals surface area contributed by atoms with Crippen LogP contribution in [-0.2, 0) is 10.2 Å². The molecular formula is C10H8ClFO. The monoisotopic (exact) mass is 198 g/mol. The van der Waals surface area contributed by atoms with Crippen LogP contribution in [0.25, 0.3) is 0 Å². The summed E-state index contributed by atoms with van der Waals surface area (Å²) in [6.45, 7) is 0. The van der Waals surface area contributed by atoms with Crippen molar-refractivity contribution in [3.63, 3.8) is 0 Å². The van der Waals surface area contributed by atoms with Crippen molar-refractivity contribution in [2.24, 2.45) is 0 Å². The molecule has 13 heavy (non-hydrogen) atoms. The SMILES string of the molecule is O=CC1(c2ccc(F)c(Cl)c2)CC1. The lowest BCUT2D eigenvalue weighted by Gasteiger charge is -2.07. The minimum atomic E-state index is -0.438. The van der Waals surface area contributed by atoms with Crippen molar-refractivity contribution in [2.45, 2.75) is 18.3 Å². The first-order chi connectivity index (χ1) is 6.18. The van der Waals surface area contributed by atoms with E-state index in [4.69, 9.17) is 11.6 Å². The average molecular weight is 199 g/mol. The molecule has 0 unspecified atom stereocenters. The smallest absolute Gasteiger partial charge is 0.141 e. The van der Waals surface area contributed by atoms with E-state index in [1.807, 2.05) is 0 Å². The van der Waals surface area contributed by atoms with Gasteiger partial charge in [-0.15, -0.1) is 0 Å². The van der Waals surface area contributed by atoms with Gasteiger partial charge in [0, 0.05) is 0 Å². The zero-order valence-electron chi connectivity index (χ0n) is 6.89. The van der Waals surface area contributed by atoms with Crippen molar-refractivity contribution in [1.29, 1.82) is 0 Å². The lowest BCUT2D eigenvalue weighted by molar-refractivity contribution is -0.109. The maximum absolute atomic E-state index is 12.8. The quantitative estimate of drug-likeness (QED) is 0.668. The van der Waals surface area contributed by atoms with Gasteiger partial charge in [0.2, 0.25) is 0 Å². The number of halogens is 2. The Labute approximate surface area is 80.5 Å². The van der Waals surface area contributed by atoms with Crippen LogP contribution in [0.3, 0.4) is 0 Å². The van der Waals surface area contributed by atoms with Crippen LogP contribution < -0.4 is 0 Å². The molecule has 1 saturated carbocycles. The maximum Gasteiger partial charge on any atom is 0.141 e. The van der Waals surface area contributed by atoms with E-state index >= 15 is 0 Å². The highest BCUT2D eigenvalue weighted by molar-refractivity contribution is 6.30. The summed E-state index contributed by atoms with van der Waals surface area (Å²) >= 11 is 5.61. The standard InChI is InChI=1S/C10H8ClFO/c11-8-5-7(1-2-9(8)12)10(6-13)3-4-10/h1-2,5-6H,3-4H2. The van der Waals surface area contributed by atoms with Gasteiger partial charge >= 0.3 is 0 Å². The Morgan fingerprint density at radius 2 is 2.15 bits per heavy atom. The third-order valence-corrected chi connectivity index (χ3v) is 2.80. The van der Waals surface area contributed by atoms with E-state index in [-0.39, 0.29) is 10.4 Å². The van der Waals surface area contributed by atoms with Gasteiger partial charge in [0.25, 0.3) is 0 Å². The zero-order valence-corrected chi connectivity index (χ0v) is 7.64. The molecule has 0 spiro atoms. The van der Waals surface area contributed by atoms with Crippen LogP contribution >= 0.6 is 11.6 Å². The summed E-state index contributed by atoms with van der Waals surface area (Å²) < 4.78 is 12.8. The van der Waals surface area contributed by atoms with E-state index in [2.05, 4.69) is 0 Å². The highest BCUT2D eigenvalue weighted by Gasteiger charge is 2.44. The molecule has 3 heteroatoms. The highest BCUT2D eigenvalue weighted by atomic mass is 35.5. The summed E-state index contributed by atoms with van der Waals surface area (Å²) in [4.78, 5) is 10.7. The van der Waals surface area contributed by atoms with Gasteiger partial charge in [0.1, 0.15) is 12.1 Å². The minimum Gasteiger partial charge on any atom is -0.302 e. The number of aldehydes is 1. The molecule has 1 fully saturated rings. The summed E-state index contributed by atoms with van der Waals surface area (Å²) in [7, 11) is 0. The molecule has 1 aromatic carbocycles. The van der Waals surface area contributed by atoms with Crippen LogP contribution in [0, 0.1) is 5.82 Å². The van der Waals surface area contributed by atoms with Gasteiger partial charge < -0.3 is 4.79 Å². The fourth-order valence-corrected chi connectivity index (χ4v) is 1.60. The molecule has 0 bridgehead atoms. The molecule has 0 aromatic heterocycles. The molecule has 1 nitrogen and oxygen atoms in total. The number of carbonyl (C=O) groups excluding carboxylic acids is 1. The van der Waals surface area contributed by atoms with Crippen molar-refractivity contribution < 1.29 is 9.18 Å². The van der Waals surface area contributed by atoms with Crippen LogP contribution in [0.2, 0.25) is 5.02 Å². The number of rotatable bonds is 2. The number of benzene rings is 1. The van der Waals surface area contributed by atoms with E-state index in [1.165, 1.54) is 12.1 Å². The minimum absolute atomic E-state index is 0.0885. The molecular weight excluding hydrogens is 191 g/mol. The molecule has 0 radical (unpaired) electrons. The van der Waals surface area contributed by atoms with Gasteiger partial charge in [-0.1, -0.05) is 17.7 Å². The fraction of sp³-hybridized carbons (Fsp3) is 0.300. The fourth-order valence-electron chi connectivity index (χ4n) is 1.42. The first-order valence-corrected chi connectivity index (χ1v) is 4.48. The number of hydrogen-bond donors (Lipinski definition) is 0. The van der Waals surface area contributed by atoms with Gasteiger partial charge in [-0.25, -0.2) is 4.39 Å². The third kappa shape index (κ3) is 1.35. The summed E-state index contributed by atoms with van der Waals surface area (Å²) in [5.74, 6) is -0.438. The molecule has 0 saturated heterocycles. The van der Waals surface area contributed by atoms with Crippen molar-refractivity contribution in [3.8, 4) is 0 Å². The second kappa shape index (κ2) is 2.81. The molecule has 1 aliphatic rings. The van der Waals surface area contributed by atoms with Crippen molar-refractivity contribution in [3.05, 3.63) is 34.6 Å². The molecule has 68 valence electrons. The largest absolute Gasteiger partial charge is 0.302 e. The molecule has 1 aromatic rings. The van der Waals surface area contributed by atoms with Crippen LogP contribution in [0.5, 0.6) is 0 Å². The average Bonchev–Trinajstić information content (AvgIpc) is 2.90. The lowest BCUT2D eigenvalue weighted by atomic mass is 9.98. The predicted molar refractivity (Wildman–Crippen MR) is 48.4 cm³/mol. The highest BCUT2D eigenvalue weighted by Crippen LogP contribution is 2.46. The Kier molecular flexibility index (Phi) is 1.88. The molecule has 0 atom stereocenters. The summed E-state index contributed by atoms with van der Waals surface area (Å²) in [5.41, 5.74) is 0.464. The Morgan fingerprint density at radius 3 is 2.62 bits per heavy atom. The molecule has 2 rings (SSSR count). The Morgan fingerprint density at radius 1 is 1.46 bits per heavy atom. The van der Waals surface area contributed by atoms with E-state index < -0.39 is 5.82 Å². The summed E-state index contributed by atoms with van der Waals surface area (Å²) in [5, 5.41) is 0.0885. The summed E-state index contributed by atoms with van der Waals surface area (Å²) in [6, 6.07) is 4.47. The van der Waals surface area contributed by atoms with Crippen LogP contribution in [0.4, 0.5) is 4.39 Å².